The van der Waals surface area contributed by atoms with Crippen LogP contribution in [0.4, 0.5) is 0 Å². The molecule has 0 saturated carbocycles. The summed E-state index contributed by atoms with van der Waals surface area (Å²) in [6, 6.07) is 0. The van der Waals surface area contributed by atoms with Gasteiger partial charge in [0.05, 0.1) is 0 Å². The highest BCUT2D eigenvalue weighted by molar-refractivity contribution is 8.93. The molecule has 0 spiro atoms. The average Bonchev–Trinajstić information content (AvgIpc) is 1.97. The first-order valence-electron chi connectivity index (χ1n) is 4.56. The lowest BCUT2D eigenvalue weighted by Gasteiger charge is -1.98. The van der Waals surface area contributed by atoms with Crippen molar-refractivity contribution in [1.82, 2.24) is 5.32 Å². The van der Waals surface area contributed by atoms with Crippen molar-refractivity contribution in [2.45, 2.75) is 45.4 Å². The fraction of sp³-hybridized carbons (Fsp3) is 1.00. The summed E-state index contributed by atoms with van der Waals surface area (Å²) in [6.07, 6.45) is 8.38. The van der Waals surface area contributed by atoms with E-state index in [0.717, 1.165) is 0 Å². The molecule has 0 aromatic heterocycles. The number of hydrogen-bond acceptors (Lipinski definition) is 1. The van der Waals surface area contributed by atoms with Crippen LogP contribution in [0.2, 0.25) is 0 Å². The molecule has 0 bridgehead atoms. The molecule has 0 radical (unpaired) electrons. The van der Waals surface area contributed by atoms with Crippen molar-refractivity contribution in [1.29, 1.82) is 0 Å². The number of halogens is 3. The molecule has 0 aliphatic carbocycles. The predicted molar refractivity (Wildman–Crippen MR) is 78.3 cm³/mol. The zero-order valence-corrected chi connectivity index (χ0v) is 13.8. The van der Waals surface area contributed by atoms with E-state index < -0.39 is 0 Å². The number of nitrogens with one attached hydrogen (secondary N) is 1. The number of hydrogen-bond donors (Lipinski definition) is 1. The van der Waals surface area contributed by atoms with Crippen molar-refractivity contribution >= 4 is 50.9 Å². The summed E-state index contributed by atoms with van der Waals surface area (Å²) in [7, 11) is 2.02. The van der Waals surface area contributed by atoms with Gasteiger partial charge in [0, 0.05) is 0 Å². The van der Waals surface area contributed by atoms with E-state index in [1.165, 1.54) is 45.1 Å². The molecule has 0 heterocycles. The Labute approximate surface area is 115 Å². The second-order valence-electron chi connectivity index (χ2n) is 2.87. The molecule has 1 nitrogen and oxygen atoms in total. The van der Waals surface area contributed by atoms with Crippen LogP contribution in [-0.4, -0.2) is 13.6 Å². The van der Waals surface area contributed by atoms with E-state index in [9.17, 15) is 0 Å². The third kappa shape index (κ3) is 24.7. The fourth-order valence-corrected chi connectivity index (χ4v) is 1.08. The van der Waals surface area contributed by atoms with Gasteiger partial charge in [-0.1, -0.05) is 39.0 Å². The maximum atomic E-state index is 3.16. The molecule has 0 unspecified atom stereocenters. The highest BCUT2D eigenvalue weighted by atomic mass is 79.9. The van der Waals surface area contributed by atoms with Gasteiger partial charge in [-0.15, -0.1) is 50.9 Å². The van der Waals surface area contributed by atoms with Gasteiger partial charge in [-0.05, 0) is 20.0 Å². The molecule has 0 atom stereocenters. The van der Waals surface area contributed by atoms with E-state index >= 15 is 0 Å². The molecule has 4 heteroatoms. The van der Waals surface area contributed by atoms with E-state index in [4.69, 9.17) is 0 Å². The molecule has 0 fully saturated rings. The SMILES string of the molecule is Br.Br.Br.CCCCCCCCNC. The second-order valence-corrected chi connectivity index (χ2v) is 2.87. The van der Waals surface area contributed by atoms with E-state index in [1.54, 1.807) is 0 Å². The van der Waals surface area contributed by atoms with E-state index in [2.05, 4.69) is 12.2 Å². The lowest BCUT2D eigenvalue weighted by Crippen LogP contribution is -2.06. The summed E-state index contributed by atoms with van der Waals surface area (Å²) in [4.78, 5) is 0. The van der Waals surface area contributed by atoms with Gasteiger partial charge in [-0.2, -0.15) is 0 Å². The third-order valence-corrected chi connectivity index (χ3v) is 1.78. The molecule has 0 rings (SSSR count). The maximum absolute atomic E-state index is 3.16. The van der Waals surface area contributed by atoms with Gasteiger partial charge in [-0.3, -0.25) is 0 Å². The minimum atomic E-state index is 0. The Morgan fingerprint density at radius 2 is 1.23 bits per heavy atom. The van der Waals surface area contributed by atoms with Crippen LogP contribution in [-0.2, 0) is 0 Å². The van der Waals surface area contributed by atoms with E-state index in [0.29, 0.717) is 0 Å². The molecule has 86 valence electrons. The Hall–Kier alpha value is 1.40. The zero-order chi connectivity index (χ0) is 7.66. The molecule has 0 aromatic rings. The summed E-state index contributed by atoms with van der Waals surface area (Å²) in [5.74, 6) is 0. The molecule has 0 aliphatic rings. The minimum absolute atomic E-state index is 0. The molecule has 13 heavy (non-hydrogen) atoms. The highest BCUT2D eigenvalue weighted by Gasteiger charge is 1.87. The monoisotopic (exact) mass is 383 g/mol. The number of rotatable bonds is 7. The van der Waals surface area contributed by atoms with Crippen LogP contribution in [0.1, 0.15) is 45.4 Å². The summed E-state index contributed by atoms with van der Waals surface area (Å²) in [5, 5.41) is 3.16. The summed E-state index contributed by atoms with van der Waals surface area (Å²) in [6.45, 7) is 3.44. The topological polar surface area (TPSA) is 12.0 Å². The standard InChI is InChI=1S/C9H21N.3BrH/c1-3-4-5-6-7-8-9-10-2;;;/h10H,3-9H2,1-2H3;3*1H. The van der Waals surface area contributed by atoms with Crippen LogP contribution < -0.4 is 5.32 Å². The van der Waals surface area contributed by atoms with Crippen LogP contribution in [0, 0.1) is 0 Å². The van der Waals surface area contributed by atoms with Crippen molar-refractivity contribution in [3.63, 3.8) is 0 Å². The Kier molecular flexibility index (Phi) is 42.9. The van der Waals surface area contributed by atoms with Gasteiger partial charge in [0.2, 0.25) is 0 Å². The van der Waals surface area contributed by atoms with Crippen LogP contribution in [0.3, 0.4) is 0 Å². The Morgan fingerprint density at radius 3 is 1.69 bits per heavy atom. The smallest absolute Gasteiger partial charge is 0.00519 e. The lowest BCUT2D eigenvalue weighted by atomic mass is 10.1. The minimum Gasteiger partial charge on any atom is -0.320 e. The van der Waals surface area contributed by atoms with Crippen molar-refractivity contribution in [3.05, 3.63) is 0 Å². The van der Waals surface area contributed by atoms with Crippen molar-refractivity contribution in [2.24, 2.45) is 0 Å². The molecular formula is C9H24Br3N. The van der Waals surface area contributed by atoms with Crippen LogP contribution in [0.5, 0.6) is 0 Å². The molecule has 0 aromatic carbocycles. The highest BCUT2D eigenvalue weighted by Crippen LogP contribution is 2.03. The Bertz CT molecular complexity index is 54.8. The third-order valence-electron chi connectivity index (χ3n) is 1.78. The van der Waals surface area contributed by atoms with Gasteiger partial charge in [0.15, 0.2) is 0 Å². The van der Waals surface area contributed by atoms with Gasteiger partial charge in [0.25, 0.3) is 0 Å². The Morgan fingerprint density at radius 1 is 0.769 bits per heavy atom. The van der Waals surface area contributed by atoms with Crippen LogP contribution >= 0.6 is 50.9 Å². The quantitative estimate of drug-likeness (QED) is 0.644. The lowest BCUT2D eigenvalue weighted by molar-refractivity contribution is 0.592. The first-order valence-corrected chi connectivity index (χ1v) is 4.56. The van der Waals surface area contributed by atoms with E-state index in [1.807, 2.05) is 7.05 Å². The summed E-state index contributed by atoms with van der Waals surface area (Å²) in [5.41, 5.74) is 0. The van der Waals surface area contributed by atoms with Gasteiger partial charge >= 0.3 is 0 Å². The molecule has 0 aliphatic heterocycles. The van der Waals surface area contributed by atoms with Gasteiger partial charge in [-0.25, -0.2) is 0 Å². The maximum Gasteiger partial charge on any atom is -0.00519 e. The van der Waals surface area contributed by atoms with Crippen LogP contribution in [0.15, 0.2) is 0 Å². The largest absolute Gasteiger partial charge is 0.320 e. The van der Waals surface area contributed by atoms with E-state index in [-0.39, 0.29) is 50.9 Å². The first kappa shape index (κ1) is 23.9. The summed E-state index contributed by atoms with van der Waals surface area (Å²) < 4.78 is 0. The molecule has 0 amide bonds. The first-order chi connectivity index (χ1) is 4.91. The Balaban J connectivity index is -0.000000135. The van der Waals surface area contributed by atoms with Gasteiger partial charge in [0.1, 0.15) is 0 Å². The predicted octanol–water partition coefficient (Wildman–Crippen LogP) is 4.30. The summed E-state index contributed by atoms with van der Waals surface area (Å²) >= 11 is 0. The average molecular weight is 386 g/mol. The van der Waals surface area contributed by atoms with Crippen molar-refractivity contribution < 1.29 is 0 Å². The number of unbranched alkanes of at least 4 members (excludes halogenated alkanes) is 5. The van der Waals surface area contributed by atoms with Crippen molar-refractivity contribution in [3.8, 4) is 0 Å². The van der Waals surface area contributed by atoms with Gasteiger partial charge < -0.3 is 5.32 Å². The molecular weight excluding hydrogens is 362 g/mol. The van der Waals surface area contributed by atoms with Crippen LogP contribution in [0.25, 0.3) is 0 Å². The second kappa shape index (κ2) is 23.3. The van der Waals surface area contributed by atoms with Crippen molar-refractivity contribution in [2.75, 3.05) is 13.6 Å². The fourth-order valence-electron chi connectivity index (χ4n) is 1.08. The normalized spacial score (nSPS) is 7.85. The molecule has 1 N–H and O–H groups in total. The zero-order valence-electron chi connectivity index (χ0n) is 8.67. The molecule has 0 saturated heterocycles.